The quantitative estimate of drug-likeness (QED) is 0.489. The number of benzene rings is 1. The van der Waals surface area contributed by atoms with E-state index in [4.69, 9.17) is 16.7 Å². The SMILES string of the molecule is O=NN(CC(Cl)c1ccccc1)C(=O)O. The second-order valence-electron chi connectivity index (χ2n) is 2.82. The van der Waals surface area contributed by atoms with Crippen LogP contribution in [0.15, 0.2) is 35.6 Å². The van der Waals surface area contributed by atoms with Gasteiger partial charge in [0, 0.05) is 0 Å². The molecule has 1 N–H and O–H groups in total. The minimum absolute atomic E-state index is 0.162. The van der Waals surface area contributed by atoms with E-state index in [0.717, 1.165) is 5.56 Å². The van der Waals surface area contributed by atoms with Crippen molar-refractivity contribution in [3.8, 4) is 0 Å². The molecule has 1 aromatic carbocycles. The Morgan fingerprint density at radius 3 is 2.53 bits per heavy atom. The molecule has 15 heavy (non-hydrogen) atoms. The van der Waals surface area contributed by atoms with Crippen molar-refractivity contribution in [1.82, 2.24) is 5.01 Å². The van der Waals surface area contributed by atoms with Gasteiger partial charge >= 0.3 is 6.09 Å². The number of hydrogen-bond donors (Lipinski definition) is 1. The molecule has 0 aliphatic rings. The summed E-state index contributed by atoms with van der Waals surface area (Å²) in [5, 5.41) is 10.7. The lowest BCUT2D eigenvalue weighted by Crippen LogP contribution is -2.26. The maximum Gasteiger partial charge on any atom is 0.430 e. The lowest BCUT2D eigenvalue weighted by atomic mass is 10.1. The highest BCUT2D eigenvalue weighted by atomic mass is 35.5. The Balaban J connectivity index is 2.66. The van der Waals surface area contributed by atoms with E-state index in [1.54, 1.807) is 24.3 Å². The van der Waals surface area contributed by atoms with Crippen molar-refractivity contribution < 1.29 is 9.90 Å². The predicted molar refractivity (Wildman–Crippen MR) is 55.6 cm³/mol. The van der Waals surface area contributed by atoms with E-state index < -0.39 is 11.5 Å². The molecule has 0 saturated heterocycles. The van der Waals surface area contributed by atoms with Crippen LogP contribution in [0, 0.1) is 4.91 Å². The maximum atomic E-state index is 10.5. The number of hydrogen-bond acceptors (Lipinski definition) is 3. The molecular formula is C9H9ClN2O3. The lowest BCUT2D eigenvalue weighted by Gasteiger charge is -2.13. The minimum atomic E-state index is -1.41. The first-order valence-electron chi connectivity index (χ1n) is 4.18. The third kappa shape index (κ3) is 3.21. The number of carbonyl (C=O) groups is 1. The number of carboxylic acid groups (broad SMARTS) is 1. The molecule has 1 aromatic rings. The summed E-state index contributed by atoms with van der Waals surface area (Å²) in [5.74, 6) is 0. The zero-order valence-electron chi connectivity index (χ0n) is 7.71. The third-order valence-electron chi connectivity index (χ3n) is 1.81. The van der Waals surface area contributed by atoms with Gasteiger partial charge in [-0.15, -0.1) is 16.5 Å². The lowest BCUT2D eigenvalue weighted by molar-refractivity contribution is 0.146. The number of alkyl halides is 1. The van der Waals surface area contributed by atoms with Crippen LogP contribution in [0.2, 0.25) is 0 Å². The molecule has 1 atom stereocenters. The topological polar surface area (TPSA) is 70.0 Å². The number of rotatable bonds is 4. The van der Waals surface area contributed by atoms with Gasteiger partial charge in [-0.05, 0) is 5.56 Å². The molecule has 0 aromatic heterocycles. The van der Waals surface area contributed by atoms with E-state index in [9.17, 15) is 9.70 Å². The van der Waals surface area contributed by atoms with Crippen molar-refractivity contribution in [2.75, 3.05) is 6.54 Å². The van der Waals surface area contributed by atoms with Gasteiger partial charge < -0.3 is 5.11 Å². The van der Waals surface area contributed by atoms with Gasteiger partial charge in [0.15, 0.2) is 0 Å². The summed E-state index contributed by atoms with van der Waals surface area (Å²) in [7, 11) is 0. The van der Waals surface area contributed by atoms with Crippen LogP contribution in [0.4, 0.5) is 4.79 Å². The van der Waals surface area contributed by atoms with E-state index in [1.165, 1.54) is 0 Å². The first-order valence-corrected chi connectivity index (χ1v) is 4.61. The Bertz CT molecular complexity index is 344. The highest BCUT2D eigenvalue weighted by molar-refractivity contribution is 6.21. The van der Waals surface area contributed by atoms with Gasteiger partial charge in [0.2, 0.25) is 0 Å². The fraction of sp³-hybridized carbons (Fsp3) is 0.222. The summed E-state index contributed by atoms with van der Waals surface area (Å²) in [6, 6.07) is 8.89. The van der Waals surface area contributed by atoms with Crippen molar-refractivity contribution in [3.63, 3.8) is 0 Å². The largest absolute Gasteiger partial charge is 0.464 e. The molecular weight excluding hydrogens is 220 g/mol. The first kappa shape index (κ1) is 11.5. The number of nitroso groups, excluding NO2 is 1. The normalized spacial score (nSPS) is 11.8. The Morgan fingerprint density at radius 1 is 1.47 bits per heavy atom. The Labute approximate surface area is 91.2 Å². The molecule has 0 radical (unpaired) electrons. The number of amides is 1. The van der Waals surface area contributed by atoms with Crippen LogP contribution in [-0.2, 0) is 0 Å². The summed E-state index contributed by atoms with van der Waals surface area (Å²) in [5.41, 5.74) is 0.745. The molecule has 0 aliphatic heterocycles. The highest BCUT2D eigenvalue weighted by Crippen LogP contribution is 2.21. The molecule has 0 bridgehead atoms. The number of halogens is 1. The van der Waals surface area contributed by atoms with Crippen LogP contribution in [-0.4, -0.2) is 22.8 Å². The smallest absolute Gasteiger partial charge is 0.430 e. The molecule has 0 saturated carbocycles. The summed E-state index contributed by atoms with van der Waals surface area (Å²) in [6.07, 6.45) is -1.41. The van der Waals surface area contributed by atoms with Crippen LogP contribution in [0.25, 0.3) is 0 Å². The van der Waals surface area contributed by atoms with Gasteiger partial charge in [-0.1, -0.05) is 30.3 Å². The van der Waals surface area contributed by atoms with Crippen molar-refractivity contribution in [3.05, 3.63) is 40.8 Å². The van der Waals surface area contributed by atoms with Gasteiger partial charge in [-0.25, -0.2) is 4.79 Å². The second kappa shape index (κ2) is 5.31. The Kier molecular flexibility index (Phi) is 4.05. The van der Waals surface area contributed by atoms with Crippen molar-refractivity contribution in [2.24, 2.45) is 5.29 Å². The Morgan fingerprint density at radius 2 is 2.07 bits per heavy atom. The molecule has 0 heterocycles. The fourth-order valence-corrected chi connectivity index (χ4v) is 1.34. The van der Waals surface area contributed by atoms with Crippen molar-refractivity contribution in [2.45, 2.75) is 5.38 Å². The molecule has 1 unspecified atom stereocenters. The summed E-state index contributed by atoms with van der Waals surface area (Å²) in [6.45, 7) is -0.162. The molecule has 5 nitrogen and oxygen atoms in total. The predicted octanol–water partition coefficient (Wildman–Crippen LogP) is 2.63. The monoisotopic (exact) mass is 228 g/mol. The average Bonchev–Trinajstić information content (AvgIpc) is 2.26. The van der Waals surface area contributed by atoms with E-state index in [1.807, 2.05) is 6.07 Å². The summed E-state index contributed by atoms with van der Waals surface area (Å²) >= 11 is 5.92. The summed E-state index contributed by atoms with van der Waals surface area (Å²) in [4.78, 5) is 20.6. The molecule has 0 fully saturated rings. The molecule has 6 heteroatoms. The standard InChI is InChI=1S/C9H9ClN2O3/c10-8(6-12(11-15)9(13)14)7-4-2-1-3-5-7/h1-5,8H,6H2,(H,13,14). The zero-order chi connectivity index (χ0) is 11.3. The summed E-state index contributed by atoms with van der Waals surface area (Å²) < 4.78 is 0. The third-order valence-corrected chi connectivity index (χ3v) is 2.20. The molecule has 1 rings (SSSR count). The van der Waals surface area contributed by atoms with E-state index >= 15 is 0 Å². The van der Waals surface area contributed by atoms with E-state index in [-0.39, 0.29) is 6.54 Å². The van der Waals surface area contributed by atoms with E-state index in [2.05, 4.69) is 5.29 Å². The zero-order valence-corrected chi connectivity index (χ0v) is 8.46. The molecule has 80 valence electrons. The van der Waals surface area contributed by atoms with Crippen LogP contribution in [0.3, 0.4) is 0 Å². The first-order chi connectivity index (χ1) is 7.15. The van der Waals surface area contributed by atoms with Gasteiger partial charge in [0.25, 0.3) is 0 Å². The van der Waals surface area contributed by atoms with Crippen molar-refractivity contribution >= 4 is 17.7 Å². The van der Waals surface area contributed by atoms with Gasteiger partial charge in [0.05, 0.1) is 17.2 Å². The Hall–Kier alpha value is -1.62. The van der Waals surface area contributed by atoms with Gasteiger partial charge in [-0.3, -0.25) is 0 Å². The highest BCUT2D eigenvalue weighted by Gasteiger charge is 2.18. The minimum Gasteiger partial charge on any atom is -0.464 e. The van der Waals surface area contributed by atoms with Gasteiger partial charge in [-0.2, -0.15) is 5.01 Å². The molecule has 0 spiro atoms. The van der Waals surface area contributed by atoms with Crippen LogP contribution >= 0.6 is 11.6 Å². The number of nitrogens with zero attached hydrogens (tertiary/aromatic N) is 2. The van der Waals surface area contributed by atoms with Crippen LogP contribution < -0.4 is 0 Å². The molecule has 1 amide bonds. The van der Waals surface area contributed by atoms with Crippen LogP contribution in [0.1, 0.15) is 10.9 Å². The maximum absolute atomic E-state index is 10.5. The van der Waals surface area contributed by atoms with Crippen molar-refractivity contribution in [1.29, 1.82) is 0 Å². The van der Waals surface area contributed by atoms with Crippen LogP contribution in [0.5, 0.6) is 0 Å². The van der Waals surface area contributed by atoms with Gasteiger partial charge in [0.1, 0.15) is 0 Å². The average molecular weight is 229 g/mol. The fourth-order valence-electron chi connectivity index (χ4n) is 1.07. The molecule has 0 aliphatic carbocycles. The second-order valence-corrected chi connectivity index (χ2v) is 3.35. The van der Waals surface area contributed by atoms with E-state index in [0.29, 0.717) is 5.01 Å².